The van der Waals surface area contributed by atoms with Gasteiger partial charge in [-0.1, -0.05) is 51.4 Å². The van der Waals surface area contributed by atoms with Crippen molar-refractivity contribution in [3.63, 3.8) is 0 Å². The van der Waals surface area contributed by atoms with Crippen LogP contribution >= 0.6 is 0 Å². The third-order valence-electron chi connectivity index (χ3n) is 6.98. The molecule has 0 spiro atoms. The number of carboxylic acids is 2. The average Bonchev–Trinajstić information content (AvgIpc) is 2.79. The predicted molar refractivity (Wildman–Crippen MR) is 132 cm³/mol. The Hall–Kier alpha value is -3.04. The third kappa shape index (κ3) is 6.35. The molecule has 4 atom stereocenters. The van der Waals surface area contributed by atoms with Crippen LogP contribution < -0.4 is 5.73 Å². The molecule has 0 amide bonds. The minimum Gasteiger partial charge on any atom is -0.478 e. The smallest absolute Gasteiger partial charge is 0.328 e. The van der Waals surface area contributed by atoms with E-state index in [2.05, 4.69) is 45.0 Å². The Morgan fingerprint density at radius 3 is 2.37 bits per heavy atom. The van der Waals surface area contributed by atoms with Crippen molar-refractivity contribution < 1.29 is 34.5 Å². The maximum absolute atomic E-state index is 13.1. The van der Waals surface area contributed by atoms with Crippen LogP contribution in [0.1, 0.15) is 74.4 Å². The van der Waals surface area contributed by atoms with Gasteiger partial charge in [0.25, 0.3) is 0 Å². The summed E-state index contributed by atoms with van der Waals surface area (Å²) in [4.78, 5) is 37.4. The number of hydrogen-bond donors (Lipinski definition) is 4. The first kappa shape index (κ1) is 28.2. The molecule has 1 aromatic rings. The minimum atomic E-state index is -1.26. The summed E-state index contributed by atoms with van der Waals surface area (Å²) in [6.07, 6.45) is 4.70. The number of hydrogen-bond acceptors (Lipinski definition) is 7. The van der Waals surface area contributed by atoms with Gasteiger partial charge in [-0.3, -0.25) is 4.79 Å². The molecular weight excluding hydrogens is 452 g/mol. The van der Waals surface area contributed by atoms with Crippen molar-refractivity contribution in [2.45, 2.75) is 64.4 Å². The number of oxime groups is 1. The number of aliphatic carboxylic acids is 2. The van der Waals surface area contributed by atoms with E-state index in [4.69, 9.17) is 20.8 Å². The van der Waals surface area contributed by atoms with E-state index in [9.17, 15) is 19.5 Å². The van der Waals surface area contributed by atoms with Gasteiger partial charge in [-0.2, -0.15) is 0 Å². The number of rotatable bonds is 7. The lowest BCUT2D eigenvalue weighted by molar-refractivity contribution is -0.134. The van der Waals surface area contributed by atoms with Gasteiger partial charge in [-0.25, -0.2) is 9.59 Å². The van der Waals surface area contributed by atoms with Crippen molar-refractivity contribution in [2.75, 3.05) is 13.2 Å². The molecule has 0 aliphatic heterocycles. The summed E-state index contributed by atoms with van der Waals surface area (Å²) in [6, 6.07) is 6.22. The van der Waals surface area contributed by atoms with Crippen LogP contribution in [0.25, 0.3) is 0 Å². The standard InChI is InChI=1S/C22H32N2O3.C4H4O4/c1-14(2)15-6-7-17-16(12-15)18(25)19(26)20-21(3,13-24-27-11-10-23)8-5-9-22(17,20)4;5-3(6)1-2-4(7)8/h6-7,12-14,19-20,26H,5,8-11,23H2,1-4H3;1-2H,(H,5,6)(H,7,8)/b24-13+;2-1+/t19-,20?,21+,22+;/m0./s1. The fourth-order valence-corrected chi connectivity index (χ4v) is 5.37. The fourth-order valence-electron chi connectivity index (χ4n) is 5.37. The van der Waals surface area contributed by atoms with Gasteiger partial charge in [0.1, 0.15) is 12.7 Å². The summed E-state index contributed by atoms with van der Waals surface area (Å²) in [7, 11) is 0. The highest BCUT2D eigenvalue weighted by Gasteiger charge is 2.57. The van der Waals surface area contributed by atoms with Gasteiger partial charge in [0.15, 0.2) is 5.78 Å². The first-order chi connectivity index (χ1) is 16.4. The van der Waals surface area contributed by atoms with Crippen LogP contribution in [0.2, 0.25) is 0 Å². The van der Waals surface area contributed by atoms with Gasteiger partial charge < -0.3 is 25.9 Å². The molecule has 35 heavy (non-hydrogen) atoms. The number of aliphatic hydroxyl groups is 1. The van der Waals surface area contributed by atoms with Crippen molar-refractivity contribution in [3.8, 4) is 0 Å². The van der Waals surface area contributed by atoms with Crippen molar-refractivity contribution in [3.05, 3.63) is 47.0 Å². The molecular formula is C26H36N2O7. The Morgan fingerprint density at radius 2 is 1.83 bits per heavy atom. The summed E-state index contributed by atoms with van der Waals surface area (Å²) in [5.74, 6) is -2.57. The number of ketones is 1. The molecule has 9 nitrogen and oxygen atoms in total. The second kappa shape index (κ2) is 11.6. The summed E-state index contributed by atoms with van der Waals surface area (Å²) < 4.78 is 0. The molecule has 2 aliphatic carbocycles. The van der Waals surface area contributed by atoms with Crippen LogP contribution in [0, 0.1) is 11.3 Å². The van der Waals surface area contributed by atoms with Crippen molar-refractivity contribution >= 4 is 23.9 Å². The number of fused-ring (bicyclic) bond motifs is 3. The molecule has 9 heteroatoms. The molecule has 192 valence electrons. The predicted octanol–water partition coefficient (Wildman–Crippen LogP) is 3.10. The lowest BCUT2D eigenvalue weighted by Gasteiger charge is -2.55. The quantitative estimate of drug-likeness (QED) is 0.197. The van der Waals surface area contributed by atoms with E-state index >= 15 is 0 Å². The van der Waals surface area contributed by atoms with Crippen molar-refractivity contribution in [1.82, 2.24) is 0 Å². The SMILES string of the molecule is CC(C)c1ccc2c(c1)C(=O)[C@H](O)C1[C@@](C)(/C=N/OCCN)CCC[C@]21C.O=C(O)/C=C/C(=O)O. The van der Waals surface area contributed by atoms with Crippen LogP contribution in [0.3, 0.4) is 0 Å². The number of carboxylic acid groups (broad SMARTS) is 2. The lowest BCUT2D eigenvalue weighted by Crippen LogP contribution is -2.58. The normalized spacial score (nSPS) is 27.8. The van der Waals surface area contributed by atoms with Crippen LogP contribution in [0.5, 0.6) is 0 Å². The zero-order chi connectivity index (χ0) is 26.4. The number of carbonyl (C=O) groups excluding carboxylic acids is 1. The molecule has 5 N–H and O–H groups in total. The van der Waals surface area contributed by atoms with Crippen LogP contribution in [0.15, 0.2) is 35.5 Å². The highest BCUT2D eigenvalue weighted by Crippen LogP contribution is 2.56. The molecule has 1 unspecified atom stereocenters. The van der Waals surface area contributed by atoms with Crippen molar-refractivity contribution in [1.29, 1.82) is 0 Å². The summed E-state index contributed by atoms with van der Waals surface area (Å²) >= 11 is 0. The van der Waals surface area contributed by atoms with Gasteiger partial charge in [0.05, 0.1) is 6.21 Å². The van der Waals surface area contributed by atoms with Gasteiger partial charge in [-0.15, -0.1) is 0 Å². The maximum Gasteiger partial charge on any atom is 0.328 e. The average molecular weight is 489 g/mol. The van der Waals surface area contributed by atoms with E-state index in [-0.39, 0.29) is 17.1 Å². The fraction of sp³-hybridized carbons (Fsp3) is 0.538. The summed E-state index contributed by atoms with van der Waals surface area (Å²) in [6.45, 7) is 9.26. The van der Waals surface area contributed by atoms with Crippen molar-refractivity contribution in [2.24, 2.45) is 22.2 Å². The molecule has 0 saturated heterocycles. The number of nitrogens with zero attached hydrogens (tertiary/aromatic N) is 1. The summed E-state index contributed by atoms with van der Waals surface area (Å²) in [5.41, 5.74) is 7.65. The molecule has 0 bridgehead atoms. The summed E-state index contributed by atoms with van der Waals surface area (Å²) in [5, 5.41) is 30.8. The largest absolute Gasteiger partial charge is 0.478 e. The number of nitrogens with two attached hydrogens (primary N) is 1. The lowest BCUT2D eigenvalue weighted by atomic mass is 9.49. The van der Waals surface area contributed by atoms with E-state index in [1.165, 1.54) is 0 Å². The minimum absolute atomic E-state index is 0.167. The van der Waals surface area contributed by atoms with E-state index in [1.54, 1.807) is 6.21 Å². The van der Waals surface area contributed by atoms with Gasteiger partial charge >= 0.3 is 11.9 Å². The third-order valence-corrected chi connectivity index (χ3v) is 6.98. The monoisotopic (exact) mass is 488 g/mol. The second-order valence-corrected chi connectivity index (χ2v) is 9.89. The second-order valence-electron chi connectivity index (χ2n) is 9.89. The number of Topliss-reactive ketones (excluding diaryl/α,β-unsaturated/α-hetero) is 1. The van der Waals surface area contributed by atoms with E-state index in [1.807, 2.05) is 6.07 Å². The Morgan fingerprint density at radius 1 is 1.20 bits per heavy atom. The Labute approximate surface area is 205 Å². The maximum atomic E-state index is 13.1. The van der Waals surface area contributed by atoms with Crippen LogP contribution in [-0.2, 0) is 19.8 Å². The highest BCUT2D eigenvalue weighted by atomic mass is 16.6. The van der Waals surface area contributed by atoms with Gasteiger partial charge in [0.2, 0.25) is 0 Å². The Kier molecular flexibility index (Phi) is 9.34. The number of aliphatic hydroxyl groups excluding tert-OH is 1. The van der Waals surface area contributed by atoms with E-state index in [0.29, 0.717) is 36.8 Å². The number of carbonyl (C=O) groups is 3. The molecule has 1 aromatic carbocycles. The Balaban J connectivity index is 0.000000466. The Bertz CT molecular complexity index is 987. The molecule has 1 saturated carbocycles. The van der Waals surface area contributed by atoms with Crippen LogP contribution in [-0.4, -0.2) is 58.5 Å². The topological polar surface area (TPSA) is 160 Å². The molecule has 0 heterocycles. The first-order valence-corrected chi connectivity index (χ1v) is 11.7. The molecule has 0 aromatic heterocycles. The zero-order valence-corrected chi connectivity index (χ0v) is 20.7. The van der Waals surface area contributed by atoms with E-state index < -0.39 is 23.5 Å². The highest BCUT2D eigenvalue weighted by molar-refractivity contribution is 6.03. The van der Waals surface area contributed by atoms with Crippen LogP contribution in [0.4, 0.5) is 0 Å². The van der Waals surface area contributed by atoms with Gasteiger partial charge in [-0.05, 0) is 41.4 Å². The molecule has 2 aliphatic rings. The molecule has 0 radical (unpaired) electrons. The molecule has 3 rings (SSSR count). The van der Waals surface area contributed by atoms with Gasteiger partial charge in [0, 0.05) is 35.6 Å². The zero-order valence-electron chi connectivity index (χ0n) is 20.7. The first-order valence-electron chi connectivity index (χ1n) is 11.7. The molecule has 1 fully saturated rings. The number of benzene rings is 1. The van der Waals surface area contributed by atoms with E-state index in [0.717, 1.165) is 30.4 Å².